The third kappa shape index (κ3) is 9.54. The van der Waals surface area contributed by atoms with Crippen molar-refractivity contribution in [3.05, 3.63) is 167 Å². The monoisotopic (exact) mass is 796 g/mol. The number of allylic oxidation sites excluding steroid dienone is 1. The summed E-state index contributed by atoms with van der Waals surface area (Å²) in [7, 11) is -2.24. The lowest BCUT2D eigenvalue weighted by molar-refractivity contribution is -0.139. The van der Waals surface area contributed by atoms with E-state index in [1.165, 1.54) is 36.5 Å². The topological polar surface area (TPSA) is 182 Å². The highest BCUT2D eigenvalue weighted by molar-refractivity contribution is 7.60. The van der Waals surface area contributed by atoms with Gasteiger partial charge in [0.1, 0.15) is 19.3 Å². The van der Waals surface area contributed by atoms with Crippen LogP contribution < -0.4 is 5.32 Å². The van der Waals surface area contributed by atoms with Crippen molar-refractivity contribution < 1.29 is 61.3 Å². The van der Waals surface area contributed by atoms with Gasteiger partial charge in [0.05, 0.1) is 22.4 Å². The summed E-state index contributed by atoms with van der Waals surface area (Å²) in [5.41, 5.74) is 0.887. The van der Waals surface area contributed by atoms with Crippen LogP contribution in [-0.4, -0.2) is 80.2 Å². The number of hydrogen-bond donors (Lipinski definition) is 1. The average Bonchev–Trinajstić information content (AvgIpc) is 3.58. The maximum absolute atomic E-state index is 14.0. The van der Waals surface area contributed by atoms with Gasteiger partial charge in [-0.2, -0.15) is 0 Å². The Balaban J connectivity index is 1.36. The number of carbonyl (C=O) groups excluding carboxylic acids is 5. The summed E-state index contributed by atoms with van der Waals surface area (Å²) in [5.74, 6) is -3.48. The van der Waals surface area contributed by atoms with E-state index < -0.39 is 74.0 Å². The molecule has 1 N–H and O–H groups in total. The number of esters is 4. The van der Waals surface area contributed by atoms with Crippen LogP contribution in [0, 0.1) is 0 Å². The van der Waals surface area contributed by atoms with E-state index in [2.05, 4.69) is 5.32 Å². The van der Waals surface area contributed by atoms with Crippen molar-refractivity contribution >= 4 is 37.5 Å². The van der Waals surface area contributed by atoms with Crippen LogP contribution in [0.25, 0.3) is 0 Å². The van der Waals surface area contributed by atoms with Crippen molar-refractivity contribution in [1.29, 1.82) is 0 Å². The lowest BCUT2D eigenvalue weighted by Crippen LogP contribution is -2.51. The number of ether oxygens (including phenoxy) is 5. The first-order chi connectivity index (χ1) is 27.6. The van der Waals surface area contributed by atoms with E-state index in [0.29, 0.717) is 5.56 Å². The highest BCUT2D eigenvalue weighted by Gasteiger charge is 2.54. The zero-order valence-corrected chi connectivity index (χ0v) is 31.5. The first-order valence-electron chi connectivity index (χ1n) is 17.5. The van der Waals surface area contributed by atoms with Crippen LogP contribution in [0.3, 0.4) is 0 Å². The van der Waals surface area contributed by atoms with Crippen LogP contribution in [0.4, 0.5) is 4.79 Å². The fraction of sp³-hybridized carbons (Fsp3) is 0.195. The third-order valence-corrected chi connectivity index (χ3v) is 10.7. The van der Waals surface area contributed by atoms with Crippen molar-refractivity contribution in [2.45, 2.75) is 31.1 Å². The van der Waals surface area contributed by atoms with Gasteiger partial charge >= 0.3 is 37.5 Å². The molecule has 0 unspecified atom stereocenters. The van der Waals surface area contributed by atoms with Gasteiger partial charge in [-0.15, -0.1) is 0 Å². The highest BCUT2D eigenvalue weighted by Crippen LogP contribution is 2.56. The molecule has 4 aromatic carbocycles. The second-order valence-electron chi connectivity index (χ2n) is 12.3. The SMILES string of the molecule is COP(=O)(OC)/C(C(=O)OCc1ccccc1)=C1\C=CN([C@@H]2O[C@H](COC(=O)c3ccccc3)[C@@H](OC(=O)c3ccccc3)[C@H]2OC(=O)c2ccccc2)C(=O)N1. The summed E-state index contributed by atoms with van der Waals surface area (Å²) >= 11 is 0. The number of amides is 2. The zero-order chi connectivity index (χ0) is 40.4. The first-order valence-corrected chi connectivity index (χ1v) is 19.0. The van der Waals surface area contributed by atoms with Crippen molar-refractivity contribution in [3.63, 3.8) is 0 Å². The molecule has 57 heavy (non-hydrogen) atoms. The van der Waals surface area contributed by atoms with Gasteiger partial charge in [0.25, 0.3) is 0 Å². The standard InChI is InChI=1S/C41H37N2O13P/c1-50-57(49,51-2)35(40(47)52-25-27-15-7-3-8-16-27)31-23-24-43(41(48)42-31)36-34(56-39(46)30-21-13-6-14-22-30)33(55-38(45)29-19-11-5-12-20-29)32(54-36)26-53-37(44)28-17-9-4-10-18-28/h3-24,32-34,36H,25-26H2,1-2H3,(H,42,48)/b35-31+/t32-,33-,34-,36-/m1/s1. The van der Waals surface area contributed by atoms with Gasteiger partial charge in [0.15, 0.2) is 23.8 Å². The second-order valence-corrected chi connectivity index (χ2v) is 14.5. The van der Waals surface area contributed by atoms with E-state index in [1.54, 1.807) is 97.1 Å². The van der Waals surface area contributed by atoms with Crippen LogP contribution in [0.5, 0.6) is 0 Å². The molecule has 2 amide bonds. The van der Waals surface area contributed by atoms with E-state index in [0.717, 1.165) is 19.1 Å². The van der Waals surface area contributed by atoms with Crippen LogP contribution in [0.2, 0.25) is 0 Å². The lowest BCUT2D eigenvalue weighted by Gasteiger charge is -2.32. The molecule has 15 nitrogen and oxygen atoms in total. The smallest absolute Gasteiger partial charge is 0.370 e. The maximum Gasteiger partial charge on any atom is 0.370 e. The van der Waals surface area contributed by atoms with Crippen LogP contribution in [0.15, 0.2) is 145 Å². The molecule has 0 aromatic heterocycles. The molecule has 2 aliphatic heterocycles. The summed E-state index contributed by atoms with van der Waals surface area (Å²) in [4.78, 5) is 68.5. The molecule has 0 saturated carbocycles. The lowest BCUT2D eigenvalue weighted by atomic mass is 10.1. The van der Waals surface area contributed by atoms with Crippen molar-refractivity contribution in [3.8, 4) is 0 Å². The molecule has 2 heterocycles. The van der Waals surface area contributed by atoms with Gasteiger partial charge < -0.3 is 38.0 Å². The van der Waals surface area contributed by atoms with Crippen LogP contribution in [0.1, 0.15) is 36.6 Å². The molecule has 4 atom stereocenters. The molecular formula is C41H37N2O13P. The van der Waals surface area contributed by atoms with Crippen molar-refractivity contribution in [2.24, 2.45) is 0 Å². The largest absolute Gasteiger partial charge is 0.459 e. The fourth-order valence-corrected chi connectivity index (χ4v) is 7.11. The molecule has 1 saturated heterocycles. The molecular weight excluding hydrogens is 759 g/mol. The Bertz CT molecular complexity index is 2180. The van der Waals surface area contributed by atoms with E-state index in [-0.39, 0.29) is 29.0 Å². The Morgan fingerprint density at radius 1 is 0.684 bits per heavy atom. The number of benzene rings is 4. The fourth-order valence-electron chi connectivity index (χ4n) is 5.88. The predicted octanol–water partition coefficient (Wildman–Crippen LogP) is 6.00. The summed E-state index contributed by atoms with van der Waals surface area (Å²) in [5, 5.41) is 1.90. The van der Waals surface area contributed by atoms with Crippen molar-refractivity contribution in [2.75, 3.05) is 20.8 Å². The van der Waals surface area contributed by atoms with Gasteiger partial charge in [0, 0.05) is 20.4 Å². The van der Waals surface area contributed by atoms with E-state index in [4.69, 9.17) is 32.7 Å². The molecule has 0 aliphatic carbocycles. The predicted molar refractivity (Wildman–Crippen MR) is 201 cm³/mol. The Morgan fingerprint density at radius 3 is 1.68 bits per heavy atom. The molecule has 0 radical (unpaired) electrons. The molecule has 2 aliphatic rings. The molecule has 0 bridgehead atoms. The van der Waals surface area contributed by atoms with E-state index >= 15 is 0 Å². The minimum absolute atomic E-state index is 0.140. The minimum Gasteiger partial charge on any atom is -0.459 e. The summed E-state index contributed by atoms with van der Waals surface area (Å²) < 4.78 is 53.1. The van der Waals surface area contributed by atoms with Crippen LogP contribution >= 0.6 is 7.60 Å². The number of carbonyl (C=O) groups is 5. The Labute approximate surface area is 327 Å². The number of urea groups is 1. The number of hydrogen-bond acceptors (Lipinski definition) is 13. The van der Waals surface area contributed by atoms with E-state index in [1.807, 2.05) is 0 Å². The summed E-state index contributed by atoms with van der Waals surface area (Å²) in [6.07, 6.45) is -3.37. The third-order valence-electron chi connectivity index (χ3n) is 8.75. The summed E-state index contributed by atoms with van der Waals surface area (Å²) in [6.45, 7) is -0.694. The van der Waals surface area contributed by atoms with Gasteiger partial charge in [-0.05, 0) is 48.0 Å². The summed E-state index contributed by atoms with van der Waals surface area (Å²) in [6, 6.07) is 31.8. The number of nitrogens with zero attached hydrogens (tertiary/aromatic N) is 1. The molecule has 1 fully saturated rings. The average molecular weight is 797 g/mol. The Hall–Kier alpha value is -6.38. The van der Waals surface area contributed by atoms with Crippen LogP contribution in [-0.2, 0) is 48.7 Å². The molecule has 4 aromatic rings. The molecule has 16 heteroatoms. The second kappa shape index (κ2) is 18.5. The number of nitrogens with one attached hydrogen (secondary N) is 1. The van der Waals surface area contributed by atoms with Gasteiger partial charge in [0.2, 0.25) is 0 Å². The highest BCUT2D eigenvalue weighted by atomic mass is 31.2. The number of rotatable bonds is 14. The quantitative estimate of drug-likeness (QED) is 0.0680. The Kier molecular flexibility index (Phi) is 13.1. The molecule has 294 valence electrons. The van der Waals surface area contributed by atoms with E-state index in [9.17, 15) is 28.5 Å². The molecule has 6 rings (SSSR count). The minimum atomic E-state index is -4.37. The van der Waals surface area contributed by atoms with Crippen molar-refractivity contribution in [1.82, 2.24) is 10.2 Å². The Morgan fingerprint density at radius 2 is 1.18 bits per heavy atom. The van der Waals surface area contributed by atoms with Gasteiger partial charge in [-0.25, -0.2) is 24.0 Å². The first kappa shape index (κ1) is 40.3. The normalized spacial score (nSPS) is 19.9. The van der Waals surface area contributed by atoms with Gasteiger partial charge in [-0.1, -0.05) is 84.9 Å². The maximum atomic E-state index is 14.0. The molecule has 0 spiro atoms. The zero-order valence-electron chi connectivity index (χ0n) is 30.6. The van der Waals surface area contributed by atoms with Gasteiger partial charge in [-0.3, -0.25) is 9.46 Å².